The summed E-state index contributed by atoms with van der Waals surface area (Å²) < 4.78 is 5.66. The largest absolute Gasteiger partial charge is 0.456 e. The Hall–Kier alpha value is -2.49. The number of carbonyl (C=O) groups is 1. The first-order valence-corrected chi connectivity index (χ1v) is 7.10. The monoisotopic (exact) mass is 302 g/mol. The van der Waals surface area contributed by atoms with Gasteiger partial charge in [0.1, 0.15) is 17.5 Å². The highest BCUT2D eigenvalue weighted by Gasteiger charge is 2.11. The molecule has 1 unspecified atom stereocenters. The molecule has 0 aliphatic rings. The zero-order valence-corrected chi connectivity index (χ0v) is 12.1. The van der Waals surface area contributed by atoms with Crippen LogP contribution in [0.4, 0.5) is 4.79 Å². The number of rotatable bonds is 3. The van der Waals surface area contributed by atoms with Gasteiger partial charge < -0.3 is 10.5 Å². The molecule has 1 heterocycles. The summed E-state index contributed by atoms with van der Waals surface area (Å²) in [5.74, 6) is 7.04. The van der Waals surface area contributed by atoms with Gasteiger partial charge in [0.25, 0.3) is 0 Å². The van der Waals surface area contributed by atoms with Gasteiger partial charge in [-0.05, 0) is 36.6 Å². The van der Waals surface area contributed by atoms with Gasteiger partial charge in [-0.25, -0.2) is 4.79 Å². The molecule has 21 heavy (non-hydrogen) atoms. The summed E-state index contributed by atoms with van der Waals surface area (Å²) in [5, 5.41) is 13.5. The predicted octanol–water partition coefficient (Wildman–Crippen LogP) is 3.05. The van der Waals surface area contributed by atoms with E-state index in [1.807, 2.05) is 35.0 Å². The Bertz CT molecular complexity index is 674. The molecule has 1 aromatic heterocycles. The number of nitrogens with zero attached hydrogens (tertiary/aromatic N) is 1. The summed E-state index contributed by atoms with van der Waals surface area (Å²) in [6, 6.07) is 7.49. The van der Waals surface area contributed by atoms with E-state index in [4.69, 9.17) is 10.5 Å². The Labute approximate surface area is 126 Å². The fraction of sp³-hybridized carbons (Fsp3) is 0.133. The Balaban J connectivity index is 2.10. The van der Waals surface area contributed by atoms with Crippen LogP contribution in [0.5, 0.6) is 11.5 Å². The number of ether oxygens (including phenoxy) is 1. The molecule has 2 amide bonds. The lowest BCUT2D eigenvalue weighted by atomic mass is 10.2. The van der Waals surface area contributed by atoms with Crippen molar-refractivity contribution in [1.82, 2.24) is 5.06 Å². The first kappa shape index (κ1) is 14.9. The second kappa shape index (κ2) is 6.79. The molecular formula is C15H14N2O3S. The number of benzene rings is 1. The summed E-state index contributed by atoms with van der Waals surface area (Å²) in [5.41, 5.74) is 5.67. The van der Waals surface area contributed by atoms with Gasteiger partial charge in [-0.15, -0.1) is 11.3 Å². The van der Waals surface area contributed by atoms with E-state index >= 15 is 0 Å². The number of hydroxylamine groups is 2. The minimum absolute atomic E-state index is 0.388. The Kier molecular flexibility index (Phi) is 4.82. The molecule has 1 atom stereocenters. The van der Waals surface area contributed by atoms with Gasteiger partial charge in [0, 0.05) is 10.9 Å². The van der Waals surface area contributed by atoms with E-state index in [-0.39, 0.29) is 0 Å². The fourth-order valence-electron chi connectivity index (χ4n) is 1.52. The first-order valence-electron chi connectivity index (χ1n) is 6.15. The molecule has 1 aromatic carbocycles. The van der Waals surface area contributed by atoms with Crippen molar-refractivity contribution in [1.29, 1.82) is 0 Å². The molecule has 108 valence electrons. The van der Waals surface area contributed by atoms with Crippen molar-refractivity contribution in [3.05, 3.63) is 46.7 Å². The van der Waals surface area contributed by atoms with Crippen molar-refractivity contribution < 1.29 is 14.7 Å². The normalized spacial score (nSPS) is 11.1. The number of thiophene rings is 1. The molecule has 0 radical (unpaired) electrons. The quantitative estimate of drug-likeness (QED) is 0.520. The van der Waals surface area contributed by atoms with E-state index in [1.165, 1.54) is 0 Å². The molecule has 5 nitrogen and oxygen atoms in total. The van der Waals surface area contributed by atoms with Crippen LogP contribution in [0.2, 0.25) is 0 Å². The van der Waals surface area contributed by atoms with Gasteiger partial charge in [0.2, 0.25) is 0 Å². The number of amides is 2. The fourth-order valence-corrected chi connectivity index (χ4v) is 2.08. The van der Waals surface area contributed by atoms with Gasteiger partial charge in [-0.3, -0.25) is 5.21 Å². The molecule has 0 fully saturated rings. The molecule has 2 rings (SSSR count). The molecule has 0 aliphatic heterocycles. The zero-order chi connectivity index (χ0) is 15.2. The van der Waals surface area contributed by atoms with Crippen LogP contribution in [0.15, 0.2) is 41.1 Å². The summed E-state index contributed by atoms with van der Waals surface area (Å²) in [6.07, 6.45) is 0. The van der Waals surface area contributed by atoms with Gasteiger partial charge >= 0.3 is 6.03 Å². The van der Waals surface area contributed by atoms with Gasteiger partial charge in [-0.2, -0.15) is 5.06 Å². The van der Waals surface area contributed by atoms with Crippen LogP contribution >= 0.6 is 11.3 Å². The van der Waals surface area contributed by atoms with Crippen molar-refractivity contribution in [3.63, 3.8) is 0 Å². The predicted molar refractivity (Wildman–Crippen MR) is 80.4 cm³/mol. The van der Waals surface area contributed by atoms with Crippen LogP contribution < -0.4 is 10.5 Å². The van der Waals surface area contributed by atoms with Gasteiger partial charge in [0.15, 0.2) is 0 Å². The Morgan fingerprint density at radius 1 is 1.43 bits per heavy atom. The number of hydrogen-bond acceptors (Lipinski definition) is 4. The molecule has 0 spiro atoms. The van der Waals surface area contributed by atoms with Crippen LogP contribution in [0.1, 0.15) is 12.5 Å². The molecule has 6 heteroatoms. The molecule has 2 aromatic rings. The van der Waals surface area contributed by atoms with Crippen molar-refractivity contribution in [2.45, 2.75) is 13.0 Å². The lowest BCUT2D eigenvalue weighted by Crippen LogP contribution is -2.38. The maximum atomic E-state index is 10.8. The van der Waals surface area contributed by atoms with Crippen LogP contribution in [-0.2, 0) is 0 Å². The minimum atomic E-state index is -0.939. The average molecular weight is 302 g/mol. The van der Waals surface area contributed by atoms with E-state index in [9.17, 15) is 10.0 Å². The summed E-state index contributed by atoms with van der Waals surface area (Å²) in [7, 11) is 0. The highest BCUT2D eigenvalue weighted by molar-refractivity contribution is 7.08. The van der Waals surface area contributed by atoms with Crippen LogP contribution in [0, 0.1) is 11.8 Å². The van der Waals surface area contributed by atoms with E-state index in [0.717, 1.165) is 5.75 Å². The van der Waals surface area contributed by atoms with Crippen molar-refractivity contribution in [2.75, 3.05) is 0 Å². The average Bonchev–Trinajstić information content (AvgIpc) is 2.97. The van der Waals surface area contributed by atoms with Crippen LogP contribution in [-0.4, -0.2) is 22.3 Å². The van der Waals surface area contributed by atoms with E-state index < -0.39 is 12.1 Å². The first-order chi connectivity index (χ1) is 10.1. The topological polar surface area (TPSA) is 75.8 Å². The highest BCUT2D eigenvalue weighted by Crippen LogP contribution is 2.23. The summed E-state index contributed by atoms with van der Waals surface area (Å²) in [4.78, 5) is 10.8. The molecule has 0 saturated carbocycles. The van der Waals surface area contributed by atoms with E-state index in [0.29, 0.717) is 16.4 Å². The minimum Gasteiger partial charge on any atom is -0.456 e. The number of nitrogens with two attached hydrogens (primary N) is 1. The molecule has 0 aliphatic carbocycles. The lowest BCUT2D eigenvalue weighted by molar-refractivity contribution is -0.0536. The maximum Gasteiger partial charge on any atom is 0.339 e. The Morgan fingerprint density at radius 2 is 2.24 bits per heavy atom. The van der Waals surface area contributed by atoms with Crippen LogP contribution in [0.25, 0.3) is 0 Å². The van der Waals surface area contributed by atoms with Crippen molar-refractivity contribution in [2.24, 2.45) is 5.73 Å². The standard InChI is InChI=1S/C15H14N2O3S/c1-11(17(19)15(16)18)5-6-12-3-2-4-13(9-12)20-14-7-8-21-10-14/h2-4,7-11,19H,1H3,(H2,16,18). The lowest BCUT2D eigenvalue weighted by Gasteiger charge is -2.14. The Morgan fingerprint density at radius 3 is 2.90 bits per heavy atom. The van der Waals surface area contributed by atoms with Crippen LogP contribution in [0.3, 0.4) is 0 Å². The third-order valence-corrected chi connectivity index (χ3v) is 3.24. The molecule has 3 N–H and O–H groups in total. The third kappa shape index (κ3) is 4.24. The summed E-state index contributed by atoms with van der Waals surface area (Å²) >= 11 is 1.55. The summed E-state index contributed by atoms with van der Waals surface area (Å²) in [6.45, 7) is 1.57. The smallest absolute Gasteiger partial charge is 0.339 e. The SMILES string of the molecule is CC(C#Cc1cccc(Oc2ccsc2)c1)N(O)C(N)=O. The third-order valence-electron chi connectivity index (χ3n) is 2.58. The molecular weight excluding hydrogens is 288 g/mol. The number of urea groups is 1. The number of carbonyl (C=O) groups excluding carboxylic acids is 1. The number of primary amides is 1. The maximum absolute atomic E-state index is 10.8. The van der Waals surface area contributed by atoms with Crippen molar-refractivity contribution in [3.8, 4) is 23.3 Å². The van der Waals surface area contributed by atoms with E-state index in [2.05, 4.69) is 11.8 Å². The second-order valence-corrected chi connectivity index (χ2v) is 5.00. The van der Waals surface area contributed by atoms with Gasteiger partial charge in [-0.1, -0.05) is 17.9 Å². The second-order valence-electron chi connectivity index (χ2n) is 4.22. The molecule has 0 saturated heterocycles. The number of hydrogen-bond donors (Lipinski definition) is 2. The van der Waals surface area contributed by atoms with E-state index in [1.54, 1.807) is 24.3 Å². The van der Waals surface area contributed by atoms with Crippen molar-refractivity contribution >= 4 is 17.4 Å². The zero-order valence-electron chi connectivity index (χ0n) is 11.3. The molecule has 0 bridgehead atoms. The van der Waals surface area contributed by atoms with Gasteiger partial charge in [0.05, 0.1) is 0 Å². The highest BCUT2D eigenvalue weighted by atomic mass is 32.1.